The van der Waals surface area contributed by atoms with Crippen molar-refractivity contribution in [2.24, 2.45) is 0 Å². The normalized spacial score (nSPS) is 11.0. The first-order valence-corrected chi connectivity index (χ1v) is 31.9. The topological polar surface area (TPSA) is 24.9 Å². The van der Waals surface area contributed by atoms with Crippen LogP contribution in [0.2, 0.25) is 0 Å². The van der Waals surface area contributed by atoms with Crippen LogP contribution in [-0.2, 0) is 0 Å². The second-order valence-corrected chi connectivity index (χ2v) is 23.2. The van der Waals surface area contributed by atoms with E-state index in [0.717, 1.165) is 123 Å². The molecule has 0 radical (unpaired) electrons. The molecule has 4 heteroatoms. The molecule has 0 fully saturated rings. The van der Waals surface area contributed by atoms with Gasteiger partial charge in [0.1, 0.15) is 23.0 Å². The van der Waals surface area contributed by atoms with Crippen molar-refractivity contribution < 1.29 is 9.47 Å². The molecule has 4 nitrogen and oxygen atoms in total. The van der Waals surface area contributed by atoms with Gasteiger partial charge in [0.05, 0.1) is 22.7 Å². The Bertz CT molecular complexity index is 4620. The van der Waals surface area contributed by atoms with Crippen LogP contribution in [0.5, 0.6) is 23.0 Å². The SMILES string of the molecule is c1ccc(-c2cccc(N(c3cc(Oc4cccc(Oc5cc(-c6ccccc6)cc(N(c6cccc(-c7ccccc7)c6)c6c(-c7ccccc7)cccc6-c6ccccc6)c5)c4)cc(-c4ccccc4)c3)c3c(-c4ccccc4)cccc3-c3ccccc3)c2)cc1. The second kappa shape index (κ2) is 26.9. The third-order valence-corrected chi connectivity index (χ3v) is 17.1. The zero-order valence-corrected chi connectivity index (χ0v) is 51.7. The highest BCUT2D eigenvalue weighted by Gasteiger charge is 2.26. The summed E-state index contributed by atoms with van der Waals surface area (Å²) in [6.07, 6.45) is 0. The quantitative estimate of drug-likeness (QED) is 0.0855. The molecule has 0 aliphatic heterocycles. The molecule has 15 aromatic rings. The van der Waals surface area contributed by atoms with Crippen LogP contribution in [0.3, 0.4) is 0 Å². The van der Waals surface area contributed by atoms with Gasteiger partial charge < -0.3 is 19.3 Å². The maximum atomic E-state index is 7.22. The van der Waals surface area contributed by atoms with E-state index in [0.29, 0.717) is 23.0 Å². The van der Waals surface area contributed by atoms with Crippen molar-refractivity contribution in [3.63, 3.8) is 0 Å². The van der Waals surface area contributed by atoms with Crippen molar-refractivity contribution >= 4 is 34.1 Å². The van der Waals surface area contributed by atoms with Crippen LogP contribution in [0.15, 0.2) is 388 Å². The average Bonchev–Trinajstić information content (AvgIpc) is 0.768. The van der Waals surface area contributed by atoms with E-state index in [1.165, 1.54) is 0 Å². The van der Waals surface area contributed by atoms with E-state index < -0.39 is 0 Å². The molecule has 446 valence electrons. The summed E-state index contributed by atoms with van der Waals surface area (Å²) in [6.45, 7) is 0. The Morgan fingerprint density at radius 3 is 0.702 bits per heavy atom. The van der Waals surface area contributed by atoms with E-state index in [1.807, 2.05) is 24.3 Å². The van der Waals surface area contributed by atoms with E-state index in [9.17, 15) is 0 Å². The summed E-state index contributed by atoms with van der Waals surface area (Å²) < 4.78 is 14.4. The highest BCUT2D eigenvalue weighted by molar-refractivity contribution is 6.00. The van der Waals surface area contributed by atoms with Crippen LogP contribution < -0.4 is 19.3 Å². The Kier molecular flexibility index (Phi) is 16.6. The largest absolute Gasteiger partial charge is 0.457 e. The minimum absolute atomic E-state index is 0.615. The molecule has 0 aromatic heterocycles. The first kappa shape index (κ1) is 57.9. The third kappa shape index (κ3) is 12.6. The zero-order chi connectivity index (χ0) is 62.8. The number of para-hydroxylation sites is 2. The lowest BCUT2D eigenvalue weighted by Gasteiger charge is -2.31. The average molecular weight is 1210 g/mol. The molecule has 0 heterocycles. The molecular formula is C90H64N2O2. The van der Waals surface area contributed by atoms with Crippen molar-refractivity contribution in [2.45, 2.75) is 0 Å². The van der Waals surface area contributed by atoms with Crippen molar-refractivity contribution in [2.75, 3.05) is 9.80 Å². The van der Waals surface area contributed by atoms with E-state index in [1.54, 1.807) is 0 Å². The minimum atomic E-state index is 0.615. The Morgan fingerprint density at radius 1 is 0.149 bits per heavy atom. The summed E-state index contributed by atoms with van der Waals surface area (Å²) in [5, 5.41) is 0. The zero-order valence-electron chi connectivity index (χ0n) is 51.7. The molecule has 0 unspecified atom stereocenters. The highest BCUT2D eigenvalue weighted by Crippen LogP contribution is 2.51. The van der Waals surface area contributed by atoms with Crippen molar-refractivity contribution in [1.29, 1.82) is 0 Å². The van der Waals surface area contributed by atoms with Gasteiger partial charge in [0, 0.05) is 51.8 Å². The van der Waals surface area contributed by atoms with Gasteiger partial charge in [-0.25, -0.2) is 0 Å². The molecule has 0 amide bonds. The first-order valence-electron chi connectivity index (χ1n) is 31.9. The molecule has 0 bridgehead atoms. The summed E-state index contributed by atoms with van der Waals surface area (Å²) >= 11 is 0. The summed E-state index contributed by atoms with van der Waals surface area (Å²) in [5.41, 5.74) is 23.3. The fraction of sp³-hybridized carbons (Fsp3) is 0. The highest BCUT2D eigenvalue weighted by atomic mass is 16.5. The molecule has 15 aromatic carbocycles. The number of rotatable bonds is 18. The Hall–Kier alpha value is -12.5. The molecule has 0 spiro atoms. The molecule has 0 N–H and O–H groups in total. The molecule has 0 atom stereocenters. The number of benzene rings is 15. The maximum absolute atomic E-state index is 7.22. The lowest BCUT2D eigenvalue weighted by Crippen LogP contribution is -2.13. The number of nitrogens with zero attached hydrogens (tertiary/aromatic N) is 2. The lowest BCUT2D eigenvalue weighted by atomic mass is 9.93. The second-order valence-electron chi connectivity index (χ2n) is 23.2. The Balaban J connectivity index is 0.879. The molecule has 0 aliphatic carbocycles. The fourth-order valence-electron chi connectivity index (χ4n) is 12.7. The molecule has 15 rings (SSSR count). The van der Waals surface area contributed by atoms with Gasteiger partial charge in [-0.3, -0.25) is 0 Å². The van der Waals surface area contributed by atoms with E-state index >= 15 is 0 Å². The van der Waals surface area contributed by atoms with Crippen LogP contribution in [0.1, 0.15) is 0 Å². The smallest absolute Gasteiger partial charge is 0.131 e. The van der Waals surface area contributed by atoms with Gasteiger partial charge in [-0.1, -0.05) is 309 Å². The number of anilines is 6. The van der Waals surface area contributed by atoms with Gasteiger partial charge in [0.2, 0.25) is 0 Å². The number of hydrogen-bond acceptors (Lipinski definition) is 4. The molecule has 0 aliphatic rings. The van der Waals surface area contributed by atoms with E-state index in [4.69, 9.17) is 9.47 Å². The Morgan fingerprint density at radius 2 is 0.394 bits per heavy atom. The van der Waals surface area contributed by atoms with Crippen LogP contribution in [0, 0.1) is 0 Å². The van der Waals surface area contributed by atoms with Crippen molar-refractivity contribution in [3.05, 3.63) is 388 Å². The summed E-state index contributed by atoms with van der Waals surface area (Å²) in [5.74, 6) is 2.54. The molecular weight excluding hydrogens is 1140 g/mol. The van der Waals surface area contributed by atoms with E-state index in [2.05, 4.69) is 374 Å². The van der Waals surface area contributed by atoms with Crippen LogP contribution >= 0.6 is 0 Å². The molecule has 0 saturated heterocycles. The minimum Gasteiger partial charge on any atom is -0.457 e. The fourth-order valence-corrected chi connectivity index (χ4v) is 12.7. The van der Waals surface area contributed by atoms with Gasteiger partial charge >= 0.3 is 0 Å². The predicted octanol–water partition coefficient (Wildman–Crippen LogP) is 25.5. The van der Waals surface area contributed by atoms with Gasteiger partial charge in [-0.15, -0.1) is 0 Å². The standard InChI is InChI=1S/C90H64N2O2/c1-9-30-65(31-10-1)73-46-25-48-77(56-73)91(89-85(69-38-17-5-18-39-69)52-28-53-86(89)70-40-19-6-20-41-70)79-58-75(67-34-13-3-14-35-67)60-83(62-79)93-81-50-27-51-82(64-81)94-84-61-76(68-36-15-4-16-37-68)59-80(63-84)92(78-49-26-47-74(57-78)66-32-11-2-12-33-66)90-87(71-42-21-7-22-43-71)54-29-55-88(90)72-44-23-8-24-45-72/h1-64H. The van der Waals surface area contributed by atoms with Gasteiger partial charge in [-0.05, 0) is 127 Å². The number of hydrogen-bond donors (Lipinski definition) is 0. The van der Waals surface area contributed by atoms with Gasteiger partial charge in [0.15, 0.2) is 0 Å². The third-order valence-electron chi connectivity index (χ3n) is 17.1. The monoisotopic (exact) mass is 1200 g/mol. The Labute approximate surface area is 550 Å². The summed E-state index contributed by atoms with van der Waals surface area (Å²) in [6, 6.07) is 137. The lowest BCUT2D eigenvalue weighted by molar-refractivity contribution is 0.460. The number of ether oxygens (including phenoxy) is 2. The van der Waals surface area contributed by atoms with Crippen molar-refractivity contribution in [3.8, 4) is 112 Å². The predicted molar refractivity (Wildman–Crippen MR) is 392 cm³/mol. The van der Waals surface area contributed by atoms with E-state index in [-0.39, 0.29) is 0 Å². The van der Waals surface area contributed by atoms with Gasteiger partial charge in [0.25, 0.3) is 0 Å². The maximum Gasteiger partial charge on any atom is 0.131 e. The van der Waals surface area contributed by atoms with Gasteiger partial charge in [-0.2, -0.15) is 0 Å². The summed E-state index contributed by atoms with van der Waals surface area (Å²) in [7, 11) is 0. The first-order chi connectivity index (χ1) is 46.6. The van der Waals surface area contributed by atoms with Crippen LogP contribution in [0.4, 0.5) is 34.1 Å². The molecule has 94 heavy (non-hydrogen) atoms. The molecule has 0 saturated carbocycles. The van der Waals surface area contributed by atoms with Crippen LogP contribution in [0.25, 0.3) is 89.0 Å². The summed E-state index contributed by atoms with van der Waals surface area (Å²) in [4.78, 5) is 4.82. The van der Waals surface area contributed by atoms with Crippen molar-refractivity contribution in [1.82, 2.24) is 0 Å². The van der Waals surface area contributed by atoms with Crippen LogP contribution in [-0.4, -0.2) is 0 Å².